The molecule has 3 amide bonds. The van der Waals surface area contributed by atoms with E-state index in [1.807, 2.05) is 66.7 Å². The molecule has 0 aliphatic rings. The van der Waals surface area contributed by atoms with Crippen LogP contribution in [-0.4, -0.2) is 22.3 Å². The predicted molar refractivity (Wildman–Crippen MR) is 222 cm³/mol. The fourth-order valence-electron chi connectivity index (χ4n) is 6.26. The summed E-state index contributed by atoms with van der Waals surface area (Å²) in [6.07, 6.45) is 1.48. The topological polar surface area (TPSA) is 92.2 Å². The number of aryl methyl sites for hydroxylation is 1. The van der Waals surface area contributed by atoms with Crippen molar-refractivity contribution in [1.82, 2.24) is 9.88 Å². The van der Waals surface area contributed by atoms with Crippen molar-refractivity contribution in [3.63, 3.8) is 0 Å². The summed E-state index contributed by atoms with van der Waals surface area (Å²) in [5, 5.41) is 11.0. The SMILES string of the molecule is CCn1c2ccccc2c2cc(NC(=O)C(Sc3ccc(NC(=O)/C(=C/c4cccc(Cl)c4Cl)NC(=O)c4ccccc4)cc3)c3ccccc3)ccc21. The van der Waals surface area contributed by atoms with Gasteiger partial charge in [0.2, 0.25) is 5.91 Å². The van der Waals surface area contributed by atoms with Crippen molar-refractivity contribution < 1.29 is 14.4 Å². The van der Waals surface area contributed by atoms with Crippen LogP contribution < -0.4 is 16.0 Å². The largest absolute Gasteiger partial charge is 0.341 e. The zero-order valence-corrected chi connectivity index (χ0v) is 31.4. The Morgan fingerprint density at radius 3 is 2.11 bits per heavy atom. The summed E-state index contributed by atoms with van der Waals surface area (Å²) in [7, 11) is 0. The molecule has 0 aliphatic heterocycles. The Kier molecular flexibility index (Phi) is 11.2. The summed E-state index contributed by atoms with van der Waals surface area (Å²) in [5.74, 6) is -1.18. The molecule has 7 rings (SSSR count). The fraction of sp³-hybridized carbons (Fsp3) is 0.0682. The first-order chi connectivity index (χ1) is 26.3. The summed E-state index contributed by atoms with van der Waals surface area (Å²) in [6.45, 7) is 2.97. The van der Waals surface area contributed by atoms with E-state index in [0.717, 1.165) is 38.8 Å². The molecule has 54 heavy (non-hydrogen) atoms. The first-order valence-electron chi connectivity index (χ1n) is 17.3. The molecule has 0 spiro atoms. The van der Waals surface area contributed by atoms with E-state index in [1.54, 1.807) is 60.7 Å². The molecule has 0 aliphatic carbocycles. The second-order valence-corrected chi connectivity index (χ2v) is 14.4. The Labute approximate surface area is 327 Å². The Morgan fingerprint density at radius 1 is 0.704 bits per heavy atom. The number of aromatic nitrogens is 1. The number of anilines is 2. The highest BCUT2D eigenvalue weighted by molar-refractivity contribution is 8.00. The summed E-state index contributed by atoms with van der Waals surface area (Å²) < 4.78 is 2.28. The van der Waals surface area contributed by atoms with Gasteiger partial charge in [0.1, 0.15) is 10.9 Å². The molecule has 268 valence electrons. The van der Waals surface area contributed by atoms with Crippen LogP contribution in [0.3, 0.4) is 0 Å². The molecule has 0 fully saturated rings. The van der Waals surface area contributed by atoms with Gasteiger partial charge in [-0.3, -0.25) is 14.4 Å². The Balaban J connectivity index is 1.10. The van der Waals surface area contributed by atoms with Crippen molar-refractivity contribution in [2.24, 2.45) is 0 Å². The Hall–Kier alpha value is -5.80. The van der Waals surface area contributed by atoms with Crippen LogP contribution in [0, 0.1) is 0 Å². The van der Waals surface area contributed by atoms with Crippen LogP contribution in [0.4, 0.5) is 11.4 Å². The molecule has 3 N–H and O–H groups in total. The van der Waals surface area contributed by atoms with Gasteiger partial charge < -0.3 is 20.5 Å². The molecule has 1 unspecified atom stereocenters. The smallest absolute Gasteiger partial charge is 0.272 e. The number of fused-ring (bicyclic) bond motifs is 3. The molecule has 1 heterocycles. The van der Waals surface area contributed by atoms with Crippen LogP contribution in [0.5, 0.6) is 0 Å². The summed E-state index contributed by atoms with van der Waals surface area (Å²) >= 11 is 14.1. The quantitative estimate of drug-likeness (QED) is 0.0902. The van der Waals surface area contributed by atoms with Crippen molar-refractivity contribution >= 4 is 91.9 Å². The van der Waals surface area contributed by atoms with Gasteiger partial charge in [-0.15, -0.1) is 11.8 Å². The molecule has 6 aromatic carbocycles. The number of para-hydroxylation sites is 1. The number of amides is 3. The lowest BCUT2D eigenvalue weighted by Gasteiger charge is -2.18. The molecule has 10 heteroatoms. The lowest BCUT2D eigenvalue weighted by Crippen LogP contribution is -2.30. The number of hydrogen-bond acceptors (Lipinski definition) is 4. The lowest BCUT2D eigenvalue weighted by atomic mass is 10.1. The second kappa shape index (κ2) is 16.5. The number of nitrogens with zero attached hydrogens (tertiary/aromatic N) is 1. The number of thioether (sulfide) groups is 1. The van der Waals surface area contributed by atoms with Crippen LogP contribution in [0.25, 0.3) is 27.9 Å². The Morgan fingerprint density at radius 2 is 1.37 bits per heavy atom. The van der Waals surface area contributed by atoms with E-state index in [0.29, 0.717) is 27.5 Å². The second-order valence-electron chi connectivity index (χ2n) is 12.4. The van der Waals surface area contributed by atoms with Gasteiger partial charge >= 0.3 is 0 Å². The minimum Gasteiger partial charge on any atom is -0.341 e. The third kappa shape index (κ3) is 8.06. The average molecular weight is 770 g/mol. The molecule has 7 nitrogen and oxygen atoms in total. The third-order valence-electron chi connectivity index (χ3n) is 8.87. The summed E-state index contributed by atoms with van der Waals surface area (Å²) in [6, 6.07) is 44.8. The van der Waals surface area contributed by atoms with E-state index < -0.39 is 17.1 Å². The van der Waals surface area contributed by atoms with E-state index in [-0.39, 0.29) is 16.6 Å². The highest BCUT2D eigenvalue weighted by Gasteiger charge is 2.23. The highest BCUT2D eigenvalue weighted by atomic mass is 35.5. The fourth-order valence-corrected chi connectivity index (χ4v) is 7.65. The molecule has 7 aromatic rings. The molecule has 1 aromatic heterocycles. The number of halogens is 2. The van der Waals surface area contributed by atoms with Crippen LogP contribution in [0.15, 0.2) is 156 Å². The first kappa shape index (κ1) is 36.6. The lowest BCUT2D eigenvalue weighted by molar-refractivity contribution is -0.116. The minimum absolute atomic E-state index is 0.0234. The van der Waals surface area contributed by atoms with Crippen LogP contribution in [-0.2, 0) is 16.1 Å². The normalized spacial score (nSPS) is 12.0. The zero-order valence-electron chi connectivity index (χ0n) is 29.1. The van der Waals surface area contributed by atoms with Crippen molar-refractivity contribution in [2.75, 3.05) is 10.6 Å². The first-order valence-corrected chi connectivity index (χ1v) is 18.9. The average Bonchev–Trinajstić information content (AvgIpc) is 3.52. The summed E-state index contributed by atoms with van der Waals surface area (Å²) in [4.78, 5) is 41.5. The molecule has 0 bridgehead atoms. The molecule has 0 saturated heterocycles. The van der Waals surface area contributed by atoms with E-state index >= 15 is 0 Å². The van der Waals surface area contributed by atoms with Gasteiger partial charge in [-0.1, -0.05) is 102 Å². The number of hydrogen-bond donors (Lipinski definition) is 3. The van der Waals surface area contributed by atoms with Gasteiger partial charge in [0.15, 0.2) is 0 Å². The predicted octanol–water partition coefficient (Wildman–Crippen LogP) is 11.0. The van der Waals surface area contributed by atoms with Gasteiger partial charge in [0, 0.05) is 50.2 Å². The zero-order chi connectivity index (χ0) is 37.6. The van der Waals surface area contributed by atoms with Crippen LogP contribution >= 0.6 is 35.0 Å². The van der Waals surface area contributed by atoms with Gasteiger partial charge in [-0.2, -0.15) is 0 Å². The van der Waals surface area contributed by atoms with E-state index in [9.17, 15) is 14.4 Å². The van der Waals surface area contributed by atoms with Gasteiger partial charge in [-0.05, 0) is 90.9 Å². The minimum atomic E-state index is -0.565. The molecule has 0 saturated carbocycles. The van der Waals surface area contributed by atoms with Crippen LogP contribution in [0.1, 0.15) is 33.7 Å². The van der Waals surface area contributed by atoms with Gasteiger partial charge in [-0.25, -0.2) is 0 Å². The maximum atomic E-state index is 14.0. The maximum Gasteiger partial charge on any atom is 0.272 e. The summed E-state index contributed by atoms with van der Waals surface area (Å²) in [5.41, 5.74) is 5.16. The molecular formula is C44H34Cl2N4O3S. The number of benzene rings is 6. The van der Waals surface area contributed by atoms with Crippen LogP contribution in [0.2, 0.25) is 10.0 Å². The number of nitrogens with one attached hydrogen (secondary N) is 3. The van der Waals surface area contributed by atoms with Crippen molar-refractivity contribution in [2.45, 2.75) is 23.6 Å². The van der Waals surface area contributed by atoms with E-state index in [2.05, 4.69) is 45.6 Å². The monoisotopic (exact) mass is 768 g/mol. The number of carbonyl (C=O) groups excluding carboxylic acids is 3. The maximum absolute atomic E-state index is 14.0. The molecule has 0 radical (unpaired) electrons. The third-order valence-corrected chi connectivity index (χ3v) is 11.0. The van der Waals surface area contributed by atoms with Crippen molar-refractivity contribution in [3.05, 3.63) is 178 Å². The molecular weight excluding hydrogens is 735 g/mol. The molecule has 1 atom stereocenters. The Bertz CT molecular complexity index is 2520. The van der Waals surface area contributed by atoms with Crippen molar-refractivity contribution in [3.8, 4) is 0 Å². The number of rotatable bonds is 11. The van der Waals surface area contributed by atoms with Gasteiger partial charge in [0.25, 0.3) is 11.8 Å². The van der Waals surface area contributed by atoms with Gasteiger partial charge in [0.05, 0.1) is 10.0 Å². The van der Waals surface area contributed by atoms with E-state index in [1.165, 1.54) is 17.8 Å². The highest BCUT2D eigenvalue weighted by Crippen LogP contribution is 2.38. The van der Waals surface area contributed by atoms with Crippen molar-refractivity contribution in [1.29, 1.82) is 0 Å². The standard InChI is InChI=1S/C44H34Cl2N4O3S/c1-2-50-38-19-10-9-17-34(38)35-27-32(22-25-39(35)50)48-44(53)41(28-12-5-3-6-13-28)54-33-23-20-31(21-24-33)47-43(52)37(26-30-16-11-18-36(45)40(30)46)49-42(51)29-14-7-4-8-15-29/h3-27,41H,2H2,1H3,(H,47,52)(H,48,53)(H,49,51)/b37-26-. The van der Waals surface area contributed by atoms with E-state index in [4.69, 9.17) is 23.2 Å². The number of carbonyl (C=O) groups is 3.